The van der Waals surface area contributed by atoms with Crippen molar-refractivity contribution in [3.8, 4) is 5.75 Å². The van der Waals surface area contributed by atoms with Crippen molar-refractivity contribution in [2.24, 2.45) is 23.2 Å². The molecule has 0 aliphatic heterocycles. The number of nitrogens with zero attached hydrogens (tertiary/aromatic N) is 1. The van der Waals surface area contributed by atoms with Crippen LogP contribution in [0.25, 0.3) is 0 Å². The van der Waals surface area contributed by atoms with Crippen molar-refractivity contribution < 1.29 is 14.9 Å². The molecule has 2 saturated carbocycles. The second-order valence-corrected chi connectivity index (χ2v) is 7.63. The van der Waals surface area contributed by atoms with Crippen LogP contribution in [0.3, 0.4) is 0 Å². The molecule has 5 atom stereocenters. The van der Waals surface area contributed by atoms with Gasteiger partial charge in [0.15, 0.2) is 0 Å². The Labute approximate surface area is 144 Å². The lowest BCUT2D eigenvalue weighted by molar-refractivity contribution is -0.0959. The minimum Gasteiger partial charge on any atom is -0.493 e. The first kappa shape index (κ1) is 17.4. The Bertz CT molecular complexity index is 561. The highest BCUT2D eigenvalue weighted by Gasteiger charge is 2.52. The highest BCUT2D eigenvalue weighted by molar-refractivity contribution is 5.18. The van der Waals surface area contributed by atoms with E-state index in [1.54, 1.807) is 12.4 Å². The zero-order chi connectivity index (χ0) is 17.2. The van der Waals surface area contributed by atoms with Gasteiger partial charge in [-0.3, -0.25) is 4.98 Å². The van der Waals surface area contributed by atoms with Crippen molar-refractivity contribution in [3.05, 3.63) is 36.7 Å². The minimum absolute atomic E-state index is 0.000432. The fraction of sp³-hybridized carbons (Fsp3) is 0.650. The quantitative estimate of drug-likeness (QED) is 0.813. The number of ether oxygens (including phenoxy) is 1. The molecule has 132 valence electrons. The summed E-state index contributed by atoms with van der Waals surface area (Å²) in [5, 5.41) is 20.1. The molecular formula is C20H29NO3. The van der Waals surface area contributed by atoms with E-state index in [0.717, 1.165) is 37.9 Å². The van der Waals surface area contributed by atoms with E-state index in [9.17, 15) is 10.2 Å². The summed E-state index contributed by atoms with van der Waals surface area (Å²) < 4.78 is 5.88. The molecule has 3 rings (SSSR count). The molecule has 1 aromatic heterocycles. The largest absolute Gasteiger partial charge is 0.493 e. The van der Waals surface area contributed by atoms with Crippen molar-refractivity contribution in [3.63, 3.8) is 0 Å². The third-order valence-electron chi connectivity index (χ3n) is 6.44. The highest BCUT2D eigenvalue weighted by atomic mass is 16.5. The van der Waals surface area contributed by atoms with Gasteiger partial charge < -0.3 is 14.9 Å². The molecular weight excluding hydrogens is 302 g/mol. The Morgan fingerprint density at radius 3 is 2.79 bits per heavy atom. The van der Waals surface area contributed by atoms with E-state index in [1.807, 2.05) is 12.1 Å². The highest BCUT2D eigenvalue weighted by Crippen LogP contribution is 2.57. The fourth-order valence-corrected chi connectivity index (χ4v) is 5.09. The van der Waals surface area contributed by atoms with Gasteiger partial charge >= 0.3 is 0 Å². The van der Waals surface area contributed by atoms with Gasteiger partial charge in [-0.2, -0.15) is 0 Å². The van der Waals surface area contributed by atoms with E-state index in [4.69, 9.17) is 4.74 Å². The normalized spacial score (nSPS) is 36.2. The lowest BCUT2D eigenvalue weighted by Crippen LogP contribution is -2.51. The van der Waals surface area contributed by atoms with Crippen molar-refractivity contribution in [2.45, 2.75) is 45.1 Å². The number of aliphatic hydroxyl groups excluding tert-OH is 2. The van der Waals surface area contributed by atoms with Crippen LogP contribution in [-0.4, -0.2) is 34.5 Å². The summed E-state index contributed by atoms with van der Waals surface area (Å²) >= 11 is 0. The van der Waals surface area contributed by atoms with Crippen molar-refractivity contribution in [1.29, 1.82) is 0 Å². The molecule has 5 unspecified atom stereocenters. The summed E-state index contributed by atoms with van der Waals surface area (Å²) in [7, 11) is 0. The zero-order valence-corrected chi connectivity index (χ0v) is 14.5. The summed E-state index contributed by atoms with van der Waals surface area (Å²) in [6.07, 6.45) is 7.82. The molecule has 2 N–H and O–H groups in total. The van der Waals surface area contributed by atoms with E-state index in [2.05, 4.69) is 18.5 Å². The Morgan fingerprint density at radius 2 is 2.08 bits per heavy atom. The van der Waals surface area contributed by atoms with Gasteiger partial charge in [-0.25, -0.2) is 0 Å². The van der Waals surface area contributed by atoms with Crippen LogP contribution >= 0.6 is 0 Å². The average molecular weight is 331 g/mol. The third kappa shape index (κ3) is 3.22. The number of rotatable bonds is 5. The Hall–Kier alpha value is -1.39. The van der Waals surface area contributed by atoms with Crippen LogP contribution in [0.1, 0.15) is 39.0 Å². The van der Waals surface area contributed by atoms with Gasteiger partial charge in [-0.05, 0) is 61.5 Å². The van der Waals surface area contributed by atoms with Gasteiger partial charge in [-0.15, -0.1) is 0 Å². The number of fused-ring (bicyclic) bond motifs is 1. The molecule has 0 radical (unpaired) electrons. The fourth-order valence-electron chi connectivity index (χ4n) is 5.09. The van der Waals surface area contributed by atoms with Gasteiger partial charge in [0.2, 0.25) is 0 Å². The topological polar surface area (TPSA) is 62.6 Å². The number of hydrogen-bond acceptors (Lipinski definition) is 4. The molecule has 1 heterocycles. The standard InChI is InChI=1S/C20H29NO3/c1-14-3-4-18-16(13-22)19(23)5-9-20(18,2)17(14)8-12-24-15-6-10-21-11-7-15/h6-7,10-11,16-19,22-23H,1,3-5,8-9,12-13H2,2H3. The molecule has 24 heavy (non-hydrogen) atoms. The van der Waals surface area contributed by atoms with Crippen LogP contribution in [0.2, 0.25) is 0 Å². The van der Waals surface area contributed by atoms with Crippen LogP contribution in [0.15, 0.2) is 36.7 Å². The Kier molecular flexibility index (Phi) is 5.26. The maximum atomic E-state index is 10.3. The smallest absolute Gasteiger partial charge is 0.122 e. The molecule has 2 aliphatic carbocycles. The van der Waals surface area contributed by atoms with E-state index in [1.165, 1.54) is 5.57 Å². The number of pyridine rings is 1. The van der Waals surface area contributed by atoms with E-state index >= 15 is 0 Å². The first-order valence-corrected chi connectivity index (χ1v) is 9.05. The molecule has 2 aliphatic rings. The lowest BCUT2D eigenvalue weighted by atomic mass is 9.50. The predicted octanol–water partition coefficient (Wildman–Crippen LogP) is 3.20. The van der Waals surface area contributed by atoms with Crippen LogP contribution in [0.4, 0.5) is 0 Å². The monoisotopic (exact) mass is 331 g/mol. The van der Waals surface area contributed by atoms with E-state index < -0.39 is 0 Å². The van der Waals surface area contributed by atoms with Gasteiger partial charge in [-0.1, -0.05) is 19.1 Å². The van der Waals surface area contributed by atoms with Crippen LogP contribution in [0, 0.1) is 23.2 Å². The molecule has 0 bridgehead atoms. The van der Waals surface area contributed by atoms with Crippen LogP contribution in [0.5, 0.6) is 5.75 Å². The molecule has 0 spiro atoms. The van der Waals surface area contributed by atoms with Crippen molar-refractivity contribution in [1.82, 2.24) is 4.98 Å². The number of aromatic nitrogens is 1. The molecule has 4 heteroatoms. The molecule has 1 aromatic rings. The minimum atomic E-state index is -0.367. The first-order valence-electron chi connectivity index (χ1n) is 9.05. The average Bonchev–Trinajstić information content (AvgIpc) is 2.59. The Morgan fingerprint density at radius 1 is 1.33 bits per heavy atom. The molecule has 0 aromatic carbocycles. The molecule has 2 fully saturated rings. The van der Waals surface area contributed by atoms with Crippen LogP contribution < -0.4 is 4.74 Å². The second-order valence-electron chi connectivity index (χ2n) is 7.63. The summed E-state index contributed by atoms with van der Waals surface area (Å²) in [5.74, 6) is 1.60. The summed E-state index contributed by atoms with van der Waals surface area (Å²) in [6, 6.07) is 3.75. The number of aliphatic hydroxyl groups is 2. The number of hydrogen-bond donors (Lipinski definition) is 2. The zero-order valence-electron chi connectivity index (χ0n) is 14.5. The SMILES string of the molecule is C=C1CCC2C(CO)C(O)CCC2(C)C1CCOc1ccncc1. The summed E-state index contributed by atoms with van der Waals surface area (Å²) in [6.45, 7) is 7.40. The Balaban J connectivity index is 1.70. The van der Waals surface area contributed by atoms with Gasteiger partial charge in [0, 0.05) is 24.9 Å². The molecule has 0 saturated heterocycles. The van der Waals surface area contributed by atoms with Crippen molar-refractivity contribution >= 4 is 0 Å². The first-order chi connectivity index (χ1) is 11.6. The predicted molar refractivity (Wildman–Crippen MR) is 93.6 cm³/mol. The third-order valence-corrected chi connectivity index (χ3v) is 6.44. The number of allylic oxidation sites excluding steroid dienone is 1. The van der Waals surface area contributed by atoms with Crippen molar-refractivity contribution in [2.75, 3.05) is 13.2 Å². The molecule has 4 nitrogen and oxygen atoms in total. The van der Waals surface area contributed by atoms with Gasteiger partial charge in [0.1, 0.15) is 5.75 Å². The molecule has 0 amide bonds. The second kappa shape index (κ2) is 7.24. The van der Waals surface area contributed by atoms with Gasteiger partial charge in [0.25, 0.3) is 0 Å². The van der Waals surface area contributed by atoms with Gasteiger partial charge in [0.05, 0.1) is 12.7 Å². The van der Waals surface area contributed by atoms with E-state index in [0.29, 0.717) is 18.4 Å². The lowest BCUT2D eigenvalue weighted by Gasteiger charge is -2.55. The summed E-state index contributed by atoms with van der Waals surface area (Å²) in [4.78, 5) is 4.00. The maximum absolute atomic E-state index is 10.3. The summed E-state index contributed by atoms with van der Waals surface area (Å²) in [5.41, 5.74) is 1.41. The maximum Gasteiger partial charge on any atom is 0.122 e. The van der Waals surface area contributed by atoms with E-state index in [-0.39, 0.29) is 24.0 Å². The van der Waals surface area contributed by atoms with Crippen LogP contribution in [-0.2, 0) is 0 Å².